The fraction of sp³-hybridized carbons (Fsp3) is 0.533. The number of amides is 1. The fourth-order valence-electron chi connectivity index (χ4n) is 2.99. The van der Waals surface area contributed by atoms with E-state index in [9.17, 15) is 4.79 Å². The number of anilines is 1. The monoisotopic (exact) mass is 379 g/mol. The summed E-state index contributed by atoms with van der Waals surface area (Å²) in [5, 5.41) is 3.87. The molecule has 1 aromatic carbocycles. The van der Waals surface area contributed by atoms with Gasteiger partial charge in [0.15, 0.2) is 12.3 Å². The van der Waals surface area contributed by atoms with Gasteiger partial charge in [0.2, 0.25) is 0 Å². The molecule has 23 heavy (non-hydrogen) atoms. The van der Waals surface area contributed by atoms with Crippen molar-refractivity contribution in [3.63, 3.8) is 0 Å². The average Bonchev–Trinajstić information content (AvgIpc) is 2.96. The number of nitrogens with one attached hydrogen (secondary N) is 2. The molecule has 1 spiro atoms. The lowest BCUT2D eigenvalue weighted by atomic mass is 10.0. The van der Waals surface area contributed by atoms with E-state index in [1.54, 1.807) is 6.07 Å². The van der Waals surface area contributed by atoms with E-state index in [1.165, 1.54) is 11.0 Å². The van der Waals surface area contributed by atoms with E-state index in [0.717, 1.165) is 25.9 Å². The summed E-state index contributed by atoms with van der Waals surface area (Å²) in [5.41, 5.74) is 0.474. The number of likely N-dealkylation sites (tertiary alicyclic amines) is 1. The summed E-state index contributed by atoms with van der Waals surface area (Å²) in [5.74, 6) is -0.517. The first-order valence-electron chi connectivity index (χ1n) is 7.53. The van der Waals surface area contributed by atoms with Crippen molar-refractivity contribution < 1.29 is 19.2 Å². The molecular formula is C15H18Cl3N2O3+. The molecule has 2 fully saturated rings. The van der Waals surface area contributed by atoms with E-state index in [1.807, 2.05) is 0 Å². The minimum atomic E-state index is -0.410. The molecule has 0 atom stereocenters. The first kappa shape index (κ1) is 17.3. The Kier molecular flexibility index (Phi) is 5.35. The molecule has 2 aliphatic rings. The Morgan fingerprint density at radius 2 is 1.70 bits per heavy atom. The molecule has 2 saturated heterocycles. The van der Waals surface area contributed by atoms with Crippen LogP contribution in [0.4, 0.5) is 5.69 Å². The summed E-state index contributed by atoms with van der Waals surface area (Å²) in [6.07, 6.45) is 1.62. The van der Waals surface area contributed by atoms with Gasteiger partial charge >= 0.3 is 0 Å². The average molecular weight is 381 g/mol. The topological polar surface area (TPSA) is 52.0 Å². The predicted octanol–water partition coefficient (Wildman–Crippen LogP) is 2.01. The molecule has 0 aromatic heterocycles. The molecule has 5 nitrogen and oxygen atoms in total. The van der Waals surface area contributed by atoms with Crippen molar-refractivity contribution in [2.45, 2.75) is 18.6 Å². The predicted molar refractivity (Wildman–Crippen MR) is 89.5 cm³/mol. The second kappa shape index (κ2) is 7.13. The van der Waals surface area contributed by atoms with Crippen molar-refractivity contribution in [3.05, 3.63) is 27.2 Å². The highest BCUT2D eigenvalue weighted by molar-refractivity contribution is 6.44. The van der Waals surface area contributed by atoms with Crippen LogP contribution in [0, 0.1) is 0 Å². The van der Waals surface area contributed by atoms with Crippen molar-refractivity contribution in [1.29, 1.82) is 0 Å². The van der Waals surface area contributed by atoms with E-state index in [-0.39, 0.29) is 5.91 Å². The summed E-state index contributed by atoms with van der Waals surface area (Å²) in [6.45, 7) is 3.36. The molecule has 2 N–H and O–H groups in total. The molecule has 2 aliphatic heterocycles. The van der Waals surface area contributed by atoms with Crippen LogP contribution in [0.1, 0.15) is 12.8 Å². The van der Waals surface area contributed by atoms with Crippen LogP contribution >= 0.6 is 34.8 Å². The molecule has 3 rings (SSSR count). The summed E-state index contributed by atoms with van der Waals surface area (Å²) in [7, 11) is 0. The molecule has 0 radical (unpaired) electrons. The lowest BCUT2D eigenvalue weighted by molar-refractivity contribution is -0.900. The number of ether oxygens (including phenoxy) is 2. The third-order valence-electron chi connectivity index (χ3n) is 4.23. The second-order valence-electron chi connectivity index (χ2n) is 5.83. The van der Waals surface area contributed by atoms with Crippen LogP contribution in [-0.2, 0) is 14.3 Å². The Morgan fingerprint density at radius 3 is 2.35 bits per heavy atom. The van der Waals surface area contributed by atoms with Crippen molar-refractivity contribution in [2.24, 2.45) is 0 Å². The zero-order valence-electron chi connectivity index (χ0n) is 12.5. The quantitative estimate of drug-likeness (QED) is 0.789. The second-order valence-corrected chi connectivity index (χ2v) is 7.05. The number of rotatable bonds is 3. The van der Waals surface area contributed by atoms with Crippen LogP contribution < -0.4 is 10.2 Å². The number of halogens is 3. The SMILES string of the molecule is O=C(C[NH+]1CCC2(CC1)OCCO2)Nc1cc(Cl)c(Cl)cc1Cl. The van der Waals surface area contributed by atoms with E-state index in [0.29, 0.717) is 40.5 Å². The number of benzene rings is 1. The van der Waals surface area contributed by atoms with Gasteiger partial charge in [-0.2, -0.15) is 0 Å². The smallest absolute Gasteiger partial charge is 0.279 e. The van der Waals surface area contributed by atoms with Gasteiger partial charge in [-0.05, 0) is 12.1 Å². The fourth-order valence-corrected chi connectivity index (χ4v) is 3.58. The first-order chi connectivity index (χ1) is 11.0. The van der Waals surface area contributed by atoms with Gasteiger partial charge in [-0.15, -0.1) is 0 Å². The molecule has 0 aliphatic carbocycles. The van der Waals surface area contributed by atoms with Gasteiger partial charge in [0, 0.05) is 0 Å². The van der Waals surface area contributed by atoms with Crippen LogP contribution in [0.25, 0.3) is 0 Å². The third-order valence-corrected chi connectivity index (χ3v) is 5.26. The Hall–Kier alpha value is -0.560. The van der Waals surface area contributed by atoms with Gasteiger partial charge in [-0.25, -0.2) is 0 Å². The van der Waals surface area contributed by atoms with Gasteiger partial charge in [0.1, 0.15) is 0 Å². The number of carbonyl (C=O) groups excluding carboxylic acids is 1. The van der Waals surface area contributed by atoms with Gasteiger partial charge in [-0.3, -0.25) is 4.79 Å². The van der Waals surface area contributed by atoms with E-state index in [2.05, 4.69) is 5.32 Å². The zero-order chi connectivity index (χ0) is 16.4. The summed E-state index contributed by atoms with van der Waals surface area (Å²) in [6, 6.07) is 3.08. The summed E-state index contributed by atoms with van der Waals surface area (Å²) >= 11 is 17.9. The van der Waals surface area contributed by atoms with Gasteiger partial charge < -0.3 is 19.7 Å². The molecule has 0 unspecified atom stereocenters. The van der Waals surface area contributed by atoms with Crippen molar-refractivity contribution in [1.82, 2.24) is 0 Å². The van der Waals surface area contributed by atoms with Gasteiger partial charge in [0.05, 0.1) is 59.9 Å². The minimum absolute atomic E-state index is 0.107. The molecule has 126 valence electrons. The zero-order valence-corrected chi connectivity index (χ0v) is 14.7. The Morgan fingerprint density at radius 1 is 1.09 bits per heavy atom. The Bertz CT molecular complexity index is 596. The first-order valence-corrected chi connectivity index (χ1v) is 8.67. The maximum atomic E-state index is 12.2. The van der Waals surface area contributed by atoms with Crippen LogP contribution in [0.2, 0.25) is 15.1 Å². The highest BCUT2D eigenvalue weighted by atomic mass is 35.5. The standard InChI is InChI=1S/C15H17Cl3N2O3/c16-10-7-12(18)13(8-11(10)17)19-14(21)9-20-3-1-15(2-4-20)22-5-6-23-15/h7-8H,1-6,9H2,(H,19,21)/p+1. The normalized spacial score (nSPS) is 20.8. The molecule has 8 heteroatoms. The Labute approximate surface area is 149 Å². The third kappa shape index (κ3) is 4.10. The maximum absolute atomic E-state index is 12.2. The highest BCUT2D eigenvalue weighted by Gasteiger charge is 2.42. The maximum Gasteiger partial charge on any atom is 0.279 e. The van der Waals surface area contributed by atoms with Crippen LogP contribution in [0.3, 0.4) is 0 Å². The Balaban J connectivity index is 1.53. The van der Waals surface area contributed by atoms with Gasteiger partial charge in [-0.1, -0.05) is 34.8 Å². The van der Waals surface area contributed by atoms with E-state index in [4.69, 9.17) is 44.3 Å². The lowest BCUT2D eigenvalue weighted by Crippen LogP contribution is -3.14. The molecule has 2 heterocycles. The van der Waals surface area contributed by atoms with Gasteiger partial charge in [0.25, 0.3) is 5.91 Å². The summed E-state index contributed by atoms with van der Waals surface area (Å²) < 4.78 is 11.4. The number of quaternary nitrogens is 1. The van der Waals surface area contributed by atoms with Crippen molar-refractivity contribution >= 4 is 46.4 Å². The van der Waals surface area contributed by atoms with E-state index < -0.39 is 5.79 Å². The van der Waals surface area contributed by atoms with Crippen LogP contribution in [0.15, 0.2) is 12.1 Å². The van der Waals surface area contributed by atoms with E-state index >= 15 is 0 Å². The summed E-state index contributed by atoms with van der Waals surface area (Å²) in [4.78, 5) is 13.4. The number of piperidine rings is 1. The van der Waals surface area contributed by atoms with Crippen LogP contribution in [0.5, 0.6) is 0 Å². The lowest BCUT2D eigenvalue weighted by Gasteiger charge is -2.34. The number of hydrogen-bond acceptors (Lipinski definition) is 3. The highest BCUT2D eigenvalue weighted by Crippen LogP contribution is 2.32. The number of carbonyl (C=O) groups is 1. The number of hydrogen-bond donors (Lipinski definition) is 2. The van der Waals surface area contributed by atoms with Crippen molar-refractivity contribution in [3.8, 4) is 0 Å². The molecule has 0 bridgehead atoms. The minimum Gasteiger partial charge on any atom is -0.347 e. The largest absolute Gasteiger partial charge is 0.347 e. The molecule has 1 amide bonds. The van der Waals surface area contributed by atoms with Crippen molar-refractivity contribution in [2.75, 3.05) is 38.2 Å². The molecule has 0 saturated carbocycles. The van der Waals surface area contributed by atoms with Crippen LogP contribution in [-0.4, -0.2) is 44.5 Å². The molecule has 1 aromatic rings. The molecular weight excluding hydrogens is 363 g/mol.